The third kappa shape index (κ3) is 1.05. The van der Waals surface area contributed by atoms with Gasteiger partial charge >= 0.3 is 0 Å². The Balaban J connectivity index is 1.83. The lowest BCUT2D eigenvalue weighted by molar-refractivity contribution is -0.121. The predicted molar refractivity (Wildman–Crippen MR) is 55.7 cm³/mol. The molecule has 2 bridgehead atoms. The molecule has 0 aromatic heterocycles. The monoisotopic (exact) mass is 198 g/mol. The number of ether oxygens (including phenoxy) is 1. The topological polar surface area (TPSA) is 9.23 Å². The Hall–Kier alpha value is 0.310. The van der Waals surface area contributed by atoms with E-state index in [-0.39, 0.29) is 0 Å². The zero-order valence-electron chi connectivity index (χ0n) is 8.45. The van der Waals surface area contributed by atoms with Crippen molar-refractivity contribution in [1.82, 2.24) is 0 Å². The lowest BCUT2D eigenvalue weighted by Crippen LogP contribution is -2.58. The third-order valence-electron chi connectivity index (χ3n) is 4.73. The molecule has 74 valence electrons. The van der Waals surface area contributed by atoms with Gasteiger partial charge in [0, 0.05) is 5.25 Å². The fourth-order valence-corrected chi connectivity index (χ4v) is 4.88. The lowest BCUT2D eigenvalue weighted by atomic mass is 9.45. The Bertz CT molecular complexity index is 226. The summed E-state index contributed by atoms with van der Waals surface area (Å²) in [6.45, 7) is 5.96. The van der Waals surface area contributed by atoms with Gasteiger partial charge in [-0.1, -0.05) is 13.8 Å². The number of thioether (sulfide) groups is 1. The molecule has 0 unspecified atom stereocenters. The Morgan fingerprint density at radius 3 is 2.92 bits per heavy atom. The highest BCUT2D eigenvalue weighted by Gasteiger charge is 2.58. The second-order valence-corrected chi connectivity index (χ2v) is 6.63. The van der Waals surface area contributed by atoms with E-state index >= 15 is 0 Å². The zero-order valence-corrected chi connectivity index (χ0v) is 9.27. The minimum Gasteiger partial charge on any atom is -0.371 e. The van der Waals surface area contributed by atoms with Crippen molar-refractivity contribution in [2.45, 2.75) is 31.9 Å². The summed E-state index contributed by atoms with van der Waals surface area (Å²) in [4.78, 5) is 0. The van der Waals surface area contributed by atoms with Gasteiger partial charge in [0.25, 0.3) is 0 Å². The molecule has 3 aliphatic carbocycles. The van der Waals surface area contributed by atoms with Gasteiger partial charge in [-0.3, -0.25) is 0 Å². The maximum Gasteiger partial charge on any atom is 0.0923 e. The van der Waals surface area contributed by atoms with E-state index in [9.17, 15) is 0 Å². The first-order chi connectivity index (χ1) is 6.19. The van der Waals surface area contributed by atoms with Crippen LogP contribution in [0.3, 0.4) is 0 Å². The van der Waals surface area contributed by atoms with E-state index in [1.807, 2.05) is 0 Å². The fourth-order valence-electron chi connectivity index (χ4n) is 3.63. The van der Waals surface area contributed by atoms with Crippen LogP contribution < -0.4 is 0 Å². The van der Waals surface area contributed by atoms with Crippen LogP contribution in [-0.2, 0) is 4.74 Å². The summed E-state index contributed by atoms with van der Waals surface area (Å²) in [5, 5.41) is 0.936. The third-order valence-corrected chi connectivity index (χ3v) is 6.01. The zero-order chi connectivity index (χ0) is 9.05. The maximum absolute atomic E-state index is 5.59. The molecule has 1 heterocycles. The van der Waals surface area contributed by atoms with Crippen LogP contribution in [0.2, 0.25) is 0 Å². The molecular weight excluding hydrogens is 180 g/mol. The quantitative estimate of drug-likeness (QED) is 0.592. The first-order valence-electron chi connectivity index (χ1n) is 5.39. The Kier molecular flexibility index (Phi) is 1.76. The van der Waals surface area contributed by atoms with Crippen LogP contribution in [-0.4, -0.2) is 17.8 Å². The molecule has 0 aromatic carbocycles. The van der Waals surface area contributed by atoms with Crippen molar-refractivity contribution >= 4 is 11.8 Å². The molecule has 4 atom stereocenters. The number of hydrogen-bond donors (Lipinski definition) is 0. The van der Waals surface area contributed by atoms with Crippen molar-refractivity contribution in [3.63, 3.8) is 0 Å². The Morgan fingerprint density at radius 2 is 2.15 bits per heavy atom. The molecule has 3 saturated carbocycles. The average molecular weight is 198 g/mol. The first-order valence-corrected chi connectivity index (χ1v) is 6.44. The summed E-state index contributed by atoms with van der Waals surface area (Å²) >= 11 is 2.06. The molecule has 0 aromatic rings. The van der Waals surface area contributed by atoms with Crippen LogP contribution >= 0.6 is 11.8 Å². The summed E-state index contributed by atoms with van der Waals surface area (Å²) in [5.41, 5.74) is 0.627. The Morgan fingerprint density at radius 1 is 1.31 bits per heavy atom. The van der Waals surface area contributed by atoms with Gasteiger partial charge < -0.3 is 4.74 Å². The van der Waals surface area contributed by atoms with Crippen LogP contribution in [0.1, 0.15) is 26.7 Å². The highest BCUT2D eigenvalue weighted by Crippen LogP contribution is 2.63. The van der Waals surface area contributed by atoms with E-state index < -0.39 is 0 Å². The van der Waals surface area contributed by atoms with Gasteiger partial charge in [0.1, 0.15) is 0 Å². The summed E-state index contributed by atoms with van der Waals surface area (Å²) < 4.78 is 5.59. The molecule has 0 spiro atoms. The van der Waals surface area contributed by atoms with Crippen LogP contribution in [0.15, 0.2) is 0 Å². The summed E-state index contributed by atoms with van der Waals surface area (Å²) in [6.07, 6.45) is 2.94. The van der Waals surface area contributed by atoms with E-state index in [1.165, 1.54) is 12.8 Å². The highest BCUT2D eigenvalue weighted by atomic mass is 32.2. The van der Waals surface area contributed by atoms with E-state index in [0.717, 1.165) is 35.5 Å². The second kappa shape index (κ2) is 2.66. The minimum atomic E-state index is 0.627. The van der Waals surface area contributed by atoms with Gasteiger partial charge in [-0.25, -0.2) is 0 Å². The average Bonchev–Trinajstić information content (AvgIpc) is 2.16. The van der Waals surface area contributed by atoms with Crippen LogP contribution in [0, 0.1) is 23.2 Å². The molecule has 4 fully saturated rings. The molecule has 0 N–H and O–H groups in total. The van der Waals surface area contributed by atoms with Crippen molar-refractivity contribution in [1.29, 1.82) is 0 Å². The van der Waals surface area contributed by atoms with E-state index in [2.05, 4.69) is 25.6 Å². The largest absolute Gasteiger partial charge is 0.371 e. The Labute approximate surface area is 84.6 Å². The van der Waals surface area contributed by atoms with Gasteiger partial charge in [-0.15, -0.1) is 11.8 Å². The van der Waals surface area contributed by atoms with Crippen molar-refractivity contribution in [2.75, 3.05) is 12.5 Å². The van der Waals surface area contributed by atoms with Crippen molar-refractivity contribution in [2.24, 2.45) is 23.2 Å². The van der Waals surface area contributed by atoms with Crippen LogP contribution in [0.5, 0.6) is 0 Å². The summed E-state index contributed by atoms with van der Waals surface area (Å²) in [5.74, 6) is 3.80. The molecule has 0 amide bonds. The maximum atomic E-state index is 5.59. The predicted octanol–water partition coefficient (Wildman–Crippen LogP) is 2.76. The van der Waals surface area contributed by atoms with Gasteiger partial charge in [0.05, 0.1) is 12.5 Å². The molecule has 13 heavy (non-hydrogen) atoms. The second-order valence-electron chi connectivity index (χ2n) is 5.45. The SMILES string of the molecule is CC1(C)[C@H]2C[C@@H]3SCOC[C@H]3[C@@H]1C2. The molecule has 4 rings (SSSR count). The fraction of sp³-hybridized carbons (Fsp3) is 1.00. The molecular formula is C11H18OS. The van der Waals surface area contributed by atoms with Crippen molar-refractivity contribution < 1.29 is 4.74 Å². The first kappa shape index (κ1) is 8.60. The molecule has 1 aliphatic heterocycles. The van der Waals surface area contributed by atoms with E-state index in [0.29, 0.717) is 5.41 Å². The van der Waals surface area contributed by atoms with Gasteiger partial charge in [-0.05, 0) is 36.0 Å². The van der Waals surface area contributed by atoms with Crippen molar-refractivity contribution in [3.05, 3.63) is 0 Å². The molecule has 4 aliphatic rings. The summed E-state index contributed by atoms with van der Waals surface area (Å²) in [7, 11) is 0. The summed E-state index contributed by atoms with van der Waals surface area (Å²) in [6, 6.07) is 0. The van der Waals surface area contributed by atoms with Crippen LogP contribution in [0.25, 0.3) is 0 Å². The smallest absolute Gasteiger partial charge is 0.0923 e. The number of hydrogen-bond acceptors (Lipinski definition) is 2. The number of rotatable bonds is 0. The van der Waals surface area contributed by atoms with Gasteiger partial charge in [0.15, 0.2) is 0 Å². The van der Waals surface area contributed by atoms with Gasteiger partial charge in [0.2, 0.25) is 0 Å². The van der Waals surface area contributed by atoms with Crippen LogP contribution in [0.4, 0.5) is 0 Å². The molecule has 1 saturated heterocycles. The van der Waals surface area contributed by atoms with E-state index in [1.54, 1.807) is 0 Å². The van der Waals surface area contributed by atoms with E-state index in [4.69, 9.17) is 4.74 Å². The standard InChI is InChI=1S/C11H18OS/c1-11(2)7-3-9(11)8-5-12-6-13-10(8)4-7/h7-10H,3-6H2,1-2H3/t7-,8+,9+,10+/m1/s1. The molecule has 2 heteroatoms. The highest BCUT2D eigenvalue weighted by molar-refractivity contribution is 7.99. The molecule has 0 radical (unpaired) electrons. The van der Waals surface area contributed by atoms with Crippen molar-refractivity contribution in [3.8, 4) is 0 Å². The minimum absolute atomic E-state index is 0.627. The lowest BCUT2D eigenvalue weighted by Gasteiger charge is -2.63. The normalized spacial score (nSPS) is 52.2. The van der Waals surface area contributed by atoms with Gasteiger partial charge in [-0.2, -0.15) is 0 Å². The molecule has 1 nitrogen and oxygen atoms in total.